The monoisotopic (exact) mass is 318 g/mol. The van der Waals surface area contributed by atoms with Crippen molar-refractivity contribution < 1.29 is 9.59 Å². The Morgan fingerprint density at radius 3 is 2.48 bits per heavy atom. The normalized spacial score (nSPS) is 14.9. The lowest BCUT2D eigenvalue weighted by Crippen LogP contribution is -2.33. The van der Waals surface area contributed by atoms with Crippen molar-refractivity contribution in [3.8, 4) is 0 Å². The maximum Gasteiger partial charge on any atom is 0.253 e. The Morgan fingerprint density at radius 1 is 1.17 bits per heavy atom. The molecule has 1 aromatic rings. The van der Waals surface area contributed by atoms with Gasteiger partial charge in [-0.2, -0.15) is 0 Å². The van der Waals surface area contributed by atoms with Gasteiger partial charge >= 0.3 is 0 Å². The fraction of sp³-hybridized carbons (Fsp3) is 0.588. The van der Waals surface area contributed by atoms with Crippen LogP contribution in [0.5, 0.6) is 0 Å². The highest BCUT2D eigenvalue weighted by atomic mass is 16.2. The molecule has 2 amide bonds. The van der Waals surface area contributed by atoms with Gasteiger partial charge in [-0.1, -0.05) is 12.8 Å². The van der Waals surface area contributed by atoms with Crippen LogP contribution in [0.15, 0.2) is 18.5 Å². The number of nitrogens with zero attached hydrogens (tertiary/aromatic N) is 2. The number of nitrogens with one attached hydrogen (secondary N) is 2. The smallest absolute Gasteiger partial charge is 0.253 e. The van der Waals surface area contributed by atoms with E-state index in [1.165, 1.54) is 25.2 Å². The first-order valence-electron chi connectivity index (χ1n) is 8.25. The molecule has 6 heteroatoms. The molecule has 1 fully saturated rings. The van der Waals surface area contributed by atoms with E-state index in [4.69, 9.17) is 0 Å². The molecule has 1 aliphatic carbocycles. The van der Waals surface area contributed by atoms with E-state index in [1.54, 1.807) is 6.07 Å². The molecule has 2 rings (SSSR count). The van der Waals surface area contributed by atoms with Crippen LogP contribution >= 0.6 is 0 Å². The Kier molecular flexibility index (Phi) is 6.52. The first-order valence-corrected chi connectivity index (χ1v) is 8.25. The fourth-order valence-corrected chi connectivity index (χ4v) is 2.73. The fourth-order valence-electron chi connectivity index (χ4n) is 2.73. The van der Waals surface area contributed by atoms with E-state index in [-0.39, 0.29) is 17.9 Å². The zero-order chi connectivity index (χ0) is 16.7. The minimum atomic E-state index is -0.188. The van der Waals surface area contributed by atoms with Crippen LogP contribution < -0.4 is 10.6 Å². The van der Waals surface area contributed by atoms with Gasteiger partial charge in [0.25, 0.3) is 11.8 Å². The maximum atomic E-state index is 12.2. The number of pyridine rings is 1. The highest BCUT2D eigenvalue weighted by Gasteiger charge is 2.18. The third kappa shape index (κ3) is 5.63. The van der Waals surface area contributed by atoms with Gasteiger partial charge in [-0.3, -0.25) is 14.6 Å². The molecule has 0 bridgehead atoms. The van der Waals surface area contributed by atoms with E-state index in [0.29, 0.717) is 17.7 Å². The number of hydrogen-bond acceptors (Lipinski definition) is 4. The first-order chi connectivity index (χ1) is 11.1. The number of aromatic nitrogens is 1. The highest BCUT2D eigenvalue weighted by molar-refractivity contribution is 5.99. The van der Waals surface area contributed by atoms with Crippen molar-refractivity contribution in [2.24, 2.45) is 0 Å². The molecule has 1 aromatic heterocycles. The van der Waals surface area contributed by atoms with Crippen LogP contribution in [-0.4, -0.2) is 54.9 Å². The van der Waals surface area contributed by atoms with Crippen LogP contribution in [0.4, 0.5) is 0 Å². The lowest BCUT2D eigenvalue weighted by molar-refractivity contribution is 0.0937. The van der Waals surface area contributed by atoms with Crippen molar-refractivity contribution in [3.63, 3.8) is 0 Å². The molecular weight excluding hydrogens is 292 g/mol. The van der Waals surface area contributed by atoms with Crippen molar-refractivity contribution in [2.45, 2.75) is 38.1 Å². The van der Waals surface area contributed by atoms with E-state index in [9.17, 15) is 9.59 Å². The first kappa shape index (κ1) is 17.4. The average molecular weight is 318 g/mol. The maximum absolute atomic E-state index is 12.2. The topological polar surface area (TPSA) is 74.3 Å². The molecular formula is C17H26N4O2. The van der Waals surface area contributed by atoms with Gasteiger partial charge in [0.2, 0.25) is 0 Å². The predicted octanol–water partition coefficient (Wildman–Crippen LogP) is 1.44. The molecule has 0 aromatic carbocycles. The molecule has 2 N–H and O–H groups in total. The van der Waals surface area contributed by atoms with Crippen molar-refractivity contribution >= 4 is 11.8 Å². The van der Waals surface area contributed by atoms with Crippen molar-refractivity contribution in [1.29, 1.82) is 0 Å². The number of amides is 2. The summed E-state index contributed by atoms with van der Waals surface area (Å²) in [4.78, 5) is 30.4. The van der Waals surface area contributed by atoms with Crippen LogP contribution in [-0.2, 0) is 0 Å². The second kappa shape index (κ2) is 8.62. The van der Waals surface area contributed by atoms with Crippen molar-refractivity contribution in [1.82, 2.24) is 20.5 Å². The molecule has 1 saturated carbocycles. The summed E-state index contributed by atoms with van der Waals surface area (Å²) < 4.78 is 0. The Bertz CT molecular complexity index is 539. The standard InChI is InChI=1S/C17H26N4O2/c1-21(2)9-5-8-19-16(22)13-10-14(12-18-11-13)17(23)20-15-6-3-4-7-15/h10-12,15H,3-9H2,1-2H3,(H,19,22)(H,20,23). The van der Waals surface area contributed by atoms with Gasteiger partial charge in [0, 0.05) is 25.0 Å². The minimum absolute atomic E-state index is 0.147. The van der Waals surface area contributed by atoms with Crippen molar-refractivity contribution in [2.75, 3.05) is 27.2 Å². The minimum Gasteiger partial charge on any atom is -0.352 e. The van der Waals surface area contributed by atoms with Crippen LogP contribution in [0.25, 0.3) is 0 Å². The van der Waals surface area contributed by atoms with Gasteiger partial charge in [-0.25, -0.2) is 0 Å². The SMILES string of the molecule is CN(C)CCCNC(=O)c1cncc(C(=O)NC2CCCC2)c1. The second-order valence-electron chi connectivity index (χ2n) is 6.33. The summed E-state index contributed by atoms with van der Waals surface area (Å²) >= 11 is 0. The molecule has 23 heavy (non-hydrogen) atoms. The second-order valence-corrected chi connectivity index (χ2v) is 6.33. The van der Waals surface area contributed by atoms with E-state index in [2.05, 4.69) is 20.5 Å². The Hall–Kier alpha value is -1.95. The Balaban J connectivity index is 1.87. The summed E-state index contributed by atoms with van der Waals surface area (Å²) in [6.45, 7) is 1.53. The lowest BCUT2D eigenvalue weighted by atomic mass is 10.1. The van der Waals surface area contributed by atoms with Gasteiger partial charge in [0.1, 0.15) is 0 Å². The number of hydrogen-bond donors (Lipinski definition) is 2. The lowest BCUT2D eigenvalue weighted by Gasteiger charge is -2.12. The molecule has 1 aliphatic rings. The van der Waals surface area contributed by atoms with E-state index in [0.717, 1.165) is 25.8 Å². The van der Waals surface area contributed by atoms with Gasteiger partial charge < -0.3 is 15.5 Å². The van der Waals surface area contributed by atoms with Crippen LogP contribution in [0, 0.1) is 0 Å². The molecule has 126 valence electrons. The molecule has 0 aliphatic heterocycles. The van der Waals surface area contributed by atoms with Gasteiger partial charge in [0.05, 0.1) is 11.1 Å². The Morgan fingerprint density at radius 2 is 1.83 bits per heavy atom. The highest BCUT2D eigenvalue weighted by Crippen LogP contribution is 2.18. The van der Waals surface area contributed by atoms with Crippen LogP contribution in [0.3, 0.4) is 0 Å². The van der Waals surface area contributed by atoms with Gasteiger partial charge in [0.15, 0.2) is 0 Å². The quantitative estimate of drug-likeness (QED) is 0.746. The van der Waals surface area contributed by atoms with E-state index >= 15 is 0 Å². The molecule has 0 spiro atoms. The van der Waals surface area contributed by atoms with Gasteiger partial charge in [-0.05, 0) is 46.0 Å². The summed E-state index contributed by atoms with van der Waals surface area (Å²) in [6, 6.07) is 1.87. The van der Waals surface area contributed by atoms with E-state index in [1.807, 2.05) is 14.1 Å². The summed E-state index contributed by atoms with van der Waals surface area (Å²) in [5.74, 6) is -0.335. The zero-order valence-corrected chi connectivity index (χ0v) is 14.0. The molecule has 0 radical (unpaired) electrons. The summed E-state index contributed by atoms with van der Waals surface area (Å²) in [6.07, 6.45) is 8.28. The summed E-state index contributed by atoms with van der Waals surface area (Å²) in [5.41, 5.74) is 0.867. The Labute approximate surface area is 137 Å². The van der Waals surface area contributed by atoms with Crippen LogP contribution in [0.2, 0.25) is 0 Å². The predicted molar refractivity (Wildman–Crippen MR) is 89.5 cm³/mol. The van der Waals surface area contributed by atoms with Crippen molar-refractivity contribution in [3.05, 3.63) is 29.6 Å². The third-order valence-corrected chi connectivity index (χ3v) is 4.02. The summed E-state index contributed by atoms with van der Waals surface area (Å²) in [5, 5.41) is 5.87. The largest absolute Gasteiger partial charge is 0.352 e. The number of carbonyl (C=O) groups is 2. The average Bonchev–Trinajstić information content (AvgIpc) is 3.04. The third-order valence-electron chi connectivity index (χ3n) is 4.02. The summed E-state index contributed by atoms with van der Waals surface area (Å²) in [7, 11) is 4.00. The molecule has 6 nitrogen and oxygen atoms in total. The number of rotatable bonds is 7. The molecule has 0 unspecified atom stereocenters. The van der Waals surface area contributed by atoms with E-state index < -0.39 is 0 Å². The van der Waals surface area contributed by atoms with Gasteiger partial charge in [-0.15, -0.1) is 0 Å². The molecule has 0 atom stereocenters. The number of carbonyl (C=O) groups excluding carboxylic acids is 2. The van der Waals surface area contributed by atoms with Crippen LogP contribution in [0.1, 0.15) is 52.8 Å². The molecule has 0 saturated heterocycles. The zero-order valence-electron chi connectivity index (χ0n) is 14.0. The molecule has 1 heterocycles.